The third kappa shape index (κ3) is 3.04. The molecule has 1 aromatic heterocycles. The second-order valence-electron chi connectivity index (χ2n) is 8.01. The van der Waals surface area contributed by atoms with E-state index in [0.717, 1.165) is 22.5 Å². The summed E-state index contributed by atoms with van der Waals surface area (Å²) in [4.78, 5) is 11.8. The van der Waals surface area contributed by atoms with Crippen LogP contribution in [0, 0.1) is 5.82 Å². The number of rotatable bonds is 2. The minimum Gasteiger partial charge on any atom is -0.302 e. The summed E-state index contributed by atoms with van der Waals surface area (Å²) in [7, 11) is 0. The molecule has 0 saturated carbocycles. The summed E-state index contributed by atoms with van der Waals surface area (Å²) < 4.78 is 13.4. The van der Waals surface area contributed by atoms with Crippen molar-refractivity contribution in [3.05, 3.63) is 121 Å². The molecular weight excluding hydrogens is 397 g/mol. The first kappa shape index (κ1) is 18.7. The third-order valence-electron chi connectivity index (χ3n) is 6.18. The average Bonchev–Trinajstić information content (AvgIpc) is 2.98. The number of aromatic nitrogens is 2. The molecule has 0 spiro atoms. The highest BCUT2D eigenvalue weighted by atomic mass is 19.1. The van der Waals surface area contributed by atoms with Crippen molar-refractivity contribution < 1.29 is 4.39 Å². The van der Waals surface area contributed by atoms with Crippen LogP contribution in [0.1, 0.15) is 11.5 Å². The normalized spacial score (nSPS) is 18.5. The number of allylic oxidation sites excluding steroid dienone is 2. The van der Waals surface area contributed by atoms with Crippen molar-refractivity contribution in [1.29, 1.82) is 0 Å². The van der Waals surface area contributed by atoms with Crippen LogP contribution in [0.25, 0.3) is 22.4 Å². The first-order chi connectivity index (χ1) is 15.8. The van der Waals surface area contributed by atoms with E-state index in [-0.39, 0.29) is 17.8 Å². The predicted octanol–water partition coefficient (Wildman–Crippen LogP) is 6.68. The second kappa shape index (κ2) is 7.57. The molecule has 4 heteroatoms. The molecule has 0 amide bonds. The van der Waals surface area contributed by atoms with E-state index in [2.05, 4.69) is 82.7 Å². The molecule has 2 unspecified atom stereocenters. The average molecular weight is 417 g/mol. The number of hydrogen-bond donors (Lipinski definition) is 0. The van der Waals surface area contributed by atoms with Crippen LogP contribution in [-0.4, -0.2) is 16.0 Å². The molecule has 0 fully saturated rings. The maximum Gasteiger partial charge on any atom is 0.231 e. The van der Waals surface area contributed by atoms with Crippen molar-refractivity contribution in [1.82, 2.24) is 9.97 Å². The Morgan fingerprint density at radius 3 is 2.38 bits per heavy atom. The van der Waals surface area contributed by atoms with Crippen LogP contribution < -0.4 is 4.90 Å². The molecule has 154 valence electrons. The van der Waals surface area contributed by atoms with Gasteiger partial charge >= 0.3 is 0 Å². The molecule has 1 aliphatic carbocycles. The molecule has 0 radical (unpaired) electrons. The summed E-state index contributed by atoms with van der Waals surface area (Å²) in [6, 6.07) is 25.3. The summed E-state index contributed by atoms with van der Waals surface area (Å²) in [6.45, 7) is 0. The fourth-order valence-electron chi connectivity index (χ4n) is 4.72. The van der Waals surface area contributed by atoms with Gasteiger partial charge in [-0.1, -0.05) is 66.8 Å². The largest absolute Gasteiger partial charge is 0.302 e. The number of anilines is 2. The standard InChI is InChI=1S/C28H20FN3/c29-20-15-13-19(14-16-20)25-17-18-30-28(31-25)32-26-11-5-3-9-23(26)21-7-1-2-8-22(21)24-10-4-6-12-27(24)32/h1-18,23,26H. The molecule has 2 heterocycles. The predicted molar refractivity (Wildman–Crippen MR) is 126 cm³/mol. The molecule has 2 aliphatic rings. The Morgan fingerprint density at radius 1 is 0.750 bits per heavy atom. The number of benzene rings is 3. The summed E-state index contributed by atoms with van der Waals surface area (Å²) in [5.74, 6) is 0.535. The van der Waals surface area contributed by atoms with Crippen LogP contribution in [0.3, 0.4) is 0 Å². The van der Waals surface area contributed by atoms with E-state index < -0.39 is 0 Å². The van der Waals surface area contributed by atoms with Crippen LogP contribution in [0.15, 0.2) is 109 Å². The molecule has 0 saturated heterocycles. The summed E-state index contributed by atoms with van der Waals surface area (Å²) in [5, 5.41) is 0. The van der Waals surface area contributed by atoms with E-state index in [1.165, 1.54) is 23.3 Å². The number of nitrogens with zero attached hydrogens (tertiary/aromatic N) is 3. The van der Waals surface area contributed by atoms with Gasteiger partial charge in [-0.3, -0.25) is 0 Å². The molecule has 3 nitrogen and oxygen atoms in total. The highest BCUT2D eigenvalue weighted by Crippen LogP contribution is 2.47. The fourth-order valence-corrected chi connectivity index (χ4v) is 4.72. The van der Waals surface area contributed by atoms with Gasteiger partial charge in [0.1, 0.15) is 5.82 Å². The summed E-state index contributed by atoms with van der Waals surface area (Å²) >= 11 is 0. The van der Waals surface area contributed by atoms with Gasteiger partial charge in [0.05, 0.1) is 17.4 Å². The molecule has 32 heavy (non-hydrogen) atoms. The van der Waals surface area contributed by atoms with Crippen molar-refractivity contribution in [2.24, 2.45) is 0 Å². The van der Waals surface area contributed by atoms with Gasteiger partial charge in [0.2, 0.25) is 5.95 Å². The molecule has 0 bridgehead atoms. The van der Waals surface area contributed by atoms with E-state index in [1.54, 1.807) is 18.3 Å². The van der Waals surface area contributed by atoms with Gasteiger partial charge in [-0.2, -0.15) is 0 Å². The smallest absolute Gasteiger partial charge is 0.231 e. The lowest BCUT2D eigenvalue weighted by Crippen LogP contribution is -2.35. The Kier molecular flexibility index (Phi) is 4.43. The fraction of sp³-hybridized carbons (Fsp3) is 0.0714. The number of para-hydroxylation sites is 1. The minimum atomic E-state index is -0.260. The monoisotopic (exact) mass is 417 g/mol. The van der Waals surface area contributed by atoms with Crippen LogP contribution in [0.4, 0.5) is 16.0 Å². The van der Waals surface area contributed by atoms with E-state index in [9.17, 15) is 4.39 Å². The third-order valence-corrected chi connectivity index (χ3v) is 6.18. The van der Waals surface area contributed by atoms with Gasteiger partial charge < -0.3 is 4.90 Å². The molecule has 3 aromatic carbocycles. The van der Waals surface area contributed by atoms with Crippen molar-refractivity contribution in [3.63, 3.8) is 0 Å². The van der Waals surface area contributed by atoms with Gasteiger partial charge in [-0.05, 0) is 47.5 Å². The van der Waals surface area contributed by atoms with E-state index in [4.69, 9.17) is 4.98 Å². The zero-order chi connectivity index (χ0) is 21.5. The maximum absolute atomic E-state index is 13.4. The molecule has 4 aromatic rings. The lowest BCUT2D eigenvalue weighted by Gasteiger charge is -2.34. The minimum absolute atomic E-state index is 0.0354. The molecule has 0 N–H and O–H groups in total. The van der Waals surface area contributed by atoms with E-state index >= 15 is 0 Å². The number of hydrogen-bond acceptors (Lipinski definition) is 3. The Balaban J connectivity index is 1.56. The van der Waals surface area contributed by atoms with Gasteiger partial charge in [-0.25, -0.2) is 14.4 Å². The van der Waals surface area contributed by atoms with Gasteiger partial charge in [0.25, 0.3) is 0 Å². The van der Waals surface area contributed by atoms with Crippen molar-refractivity contribution in [2.75, 3.05) is 4.90 Å². The SMILES string of the molecule is Fc1ccc(-c2ccnc(N3c4ccccc4-c4ccccc4C4C=CC=CC43)n2)cc1. The zero-order valence-corrected chi connectivity index (χ0v) is 17.3. The number of fused-ring (bicyclic) bond motifs is 5. The van der Waals surface area contributed by atoms with Crippen molar-refractivity contribution in [2.45, 2.75) is 12.0 Å². The Labute approximate surface area is 186 Å². The zero-order valence-electron chi connectivity index (χ0n) is 17.3. The Bertz CT molecular complexity index is 1360. The lowest BCUT2D eigenvalue weighted by atomic mass is 9.85. The van der Waals surface area contributed by atoms with Crippen molar-refractivity contribution >= 4 is 11.6 Å². The second-order valence-corrected chi connectivity index (χ2v) is 8.01. The van der Waals surface area contributed by atoms with Crippen molar-refractivity contribution in [3.8, 4) is 22.4 Å². The van der Waals surface area contributed by atoms with E-state index in [1.807, 2.05) is 6.07 Å². The maximum atomic E-state index is 13.4. The van der Waals surface area contributed by atoms with Crippen LogP contribution in [0.5, 0.6) is 0 Å². The van der Waals surface area contributed by atoms with Crippen LogP contribution >= 0.6 is 0 Å². The van der Waals surface area contributed by atoms with Gasteiger partial charge in [-0.15, -0.1) is 0 Å². The summed E-state index contributed by atoms with van der Waals surface area (Å²) in [6.07, 6.45) is 10.5. The van der Waals surface area contributed by atoms with Crippen LogP contribution in [0.2, 0.25) is 0 Å². The highest BCUT2D eigenvalue weighted by molar-refractivity contribution is 5.86. The number of halogens is 1. The van der Waals surface area contributed by atoms with E-state index in [0.29, 0.717) is 5.95 Å². The topological polar surface area (TPSA) is 29.0 Å². The molecular formula is C28H20FN3. The quantitative estimate of drug-likeness (QED) is 0.364. The lowest BCUT2D eigenvalue weighted by molar-refractivity contribution is 0.628. The summed E-state index contributed by atoms with van der Waals surface area (Å²) in [5.41, 5.74) is 6.38. The Hall–Kier alpha value is -4.05. The highest BCUT2D eigenvalue weighted by Gasteiger charge is 2.35. The van der Waals surface area contributed by atoms with Gasteiger partial charge in [0, 0.05) is 23.2 Å². The molecule has 1 aliphatic heterocycles. The van der Waals surface area contributed by atoms with Crippen LogP contribution in [-0.2, 0) is 0 Å². The van der Waals surface area contributed by atoms with Gasteiger partial charge in [0.15, 0.2) is 0 Å². The molecule has 2 atom stereocenters. The molecule has 6 rings (SSSR count). The first-order valence-corrected chi connectivity index (χ1v) is 10.7. The first-order valence-electron chi connectivity index (χ1n) is 10.7. The Morgan fingerprint density at radius 2 is 1.50 bits per heavy atom.